The third-order valence-corrected chi connectivity index (χ3v) is 3.64. The number of rotatable bonds is 8. The van der Waals surface area contributed by atoms with Gasteiger partial charge in [-0.3, -0.25) is 9.59 Å². The van der Waals surface area contributed by atoms with Gasteiger partial charge in [-0.2, -0.15) is 8.78 Å². The predicted octanol–water partition coefficient (Wildman–Crippen LogP) is 2.89. The topological polar surface area (TPSA) is 93.5 Å². The van der Waals surface area contributed by atoms with Crippen LogP contribution in [0.25, 0.3) is 0 Å². The van der Waals surface area contributed by atoms with Crippen molar-refractivity contribution in [2.45, 2.75) is 13.5 Å². The third-order valence-electron chi connectivity index (χ3n) is 2.70. The van der Waals surface area contributed by atoms with Crippen molar-refractivity contribution in [3.05, 3.63) is 36.1 Å². The van der Waals surface area contributed by atoms with Gasteiger partial charge < -0.3 is 19.9 Å². The summed E-state index contributed by atoms with van der Waals surface area (Å²) in [5, 5.41) is 8.69. The molecule has 0 fully saturated rings. The van der Waals surface area contributed by atoms with Crippen LogP contribution in [-0.4, -0.2) is 35.1 Å². The van der Waals surface area contributed by atoms with E-state index in [0.717, 1.165) is 11.8 Å². The van der Waals surface area contributed by atoms with E-state index < -0.39 is 6.61 Å². The number of aromatic nitrogens is 1. The first kappa shape index (κ1) is 18.7. The smallest absolute Gasteiger partial charge is 0.387 e. The van der Waals surface area contributed by atoms with Crippen molar-refractivity contribution in [3.8, 4) is 5.75 Å². The van der Waals surface area contributed by atoms with Gasteiger partial charge in [-0.25, -0.2) is 0 Å². The molecule has 0 saturated heterocycles. The molecule has 1 aromatic heterocycles. The molecule has 2 N–H and O–H groups in total. The number of carbonyl (C=O) groups excluding carboxylic acids is 2. The summed E-state index contributed by atoms with van der Waals surface area (Å²) in [5.41, 5.74) is 0.325. The largest absolute Gasteiger partial charge is 0.435 e. The van der Waals surface area contributed by atoms with Gasteiger partial charge in [0.15, 0.2) is 5.82 Å². The Bertz CT molecular complexity index is 739. The zero-order chi connectivity index (χ0) is 18.2. The Labute approximate surface area is 146 Å². The van der Waals surface area contributed by atoms with Gasteiger partial charge in [0.05, 0.1) is 11.5 Å². The van der Waals surface area contributed by atoms with Gasteiger partial charge >= 0.3 is 6.61 Å². The maximum Gasteiger partial charge on any atom is 0.387 e. The molecule has 2 aromatic rings. The molecule has 0 aliphatic heterocycles. The van der Waals surface area contributed by atoms with Crippen LogP contribution in [0, 0.1) is 6.92 Å². The van der Waals surface area contributed by atoms with Crippen LogP contribution in [0.3, 0.4) is 0 Å². The number of hydrogen-bond acceptors (Lipinski definition) is 6. The minimum atomic E-state index is -2.94. The number of halogens is 2. The second-order valence-corrected chi connectivity index (χ2v) is 5.80. The Kier molecular flexibility index (Phi) is 6.75. The highest BCUT2D eigenvalue weighted by Crippen LogP contribution is 2.19. The second-order valence-electron chi connectivity index (χ2n) is 4.82. The van der Waals surface area contributed by atoms with Crippen LogP contribution < -0.4 is 15.4 Å². The Hall–Kier alpha value is -2.62. The molecule has 2 amide bonds. The summed E-state index contributed by atoms with van der Waals surface area (Å²) in [6.07, 6.45) is 0. The number of anilines is 2. The lowest BCUT2D eigenvalue weighted by molar-refractivity contribution is -0.114. The number of aryl methyl sites for hydroxylation is 1. The number of hydrogen-bond donors (Lipinski definition) is 2. The van der Waals surface area contributed by atoms with E-state index in [2.05, 4.69) is 20.5 Å². The number of benzene rings is 1. The van der Waals surface area contributed by atoms with Crippen LogP contribution in [0.2, 0.25) is 0 Å². The van der Waals surface area contributed by atoms with Gasteiger partial charge in [-0.1, -0.05) is 11.2 Å². The van der Waals surface area contributed by atoms with Crippen molar-refractivity contribution in [1.29, 1.82) is 0 Å². The molecule has 25 heavy (non-hydrogen) atoms. The maximum absolute atomic E-state index is 12.2. The summed E-state index contributed by atoms with van der Waals surface area (Å²) in [5.74, 6) is 0.202. The summed E-state index contributed by atoms with van der Waals surface area (Å²) < 4.78 is 33.4. The molecule has 0 saturated carbocycles. The van der Waals surface area contributed by atoms with Crippen molar-refractivity contribution >= 4 is 35.1 Å². The van der Waals surface area contributed by atoms with Gasteiger partial charge in [0, 0.05) is 17.8 Å². The Morgan fingerprint density at radius 1 is 1.24 bits per heavy atom. The minimum Gasteiger partial charge on any atom is -0.435 e. The molecule has 134 valence electrons. The fourth-order valence-electron chi connectivity index (χ4n) is 1.79. The second kappa shape index (κ2) is 9.02. The lowest BCUT2D eigenvalue weighted by Crippen LogP contribution is -2.18. The van der Waals surface area contributed by atoms with Gasteiger partial charge in [-0.15, -0.1) is 11.8 Å². The number of carbonyl (C=O) groups is 2. The molecule has 10 heteroatoms. The van der Waals surface area contributed by atoms with Gasteiger partial charge in [0.2, 0.25) is 11.8 Å². The third kappa shape index (κ3) is 6.79. The molecular weight excluding hydrogens is 356 g/mol. The van der Waals surface area contributed by atoms with Crippen molar-refractivity contribution in [1.82, 2.24) is 5.16 Å². The summed E-state index contributed by atoms with van der Waals surface area (Å²) in [4.78, 5) is 23.5. The first-order valence-corrected chi connectivity index (χ1v) is 8.23. The molecule has 0 spiro atoms. The molecule has 1 heterocycles. The maximum atomic E-state index is 12.2. The highest BCUT2D eigenvalue weighted by molar-refractivity contribution is 8.00. The van der Waals surface area contributed by atoms with Gasteiger partial charge in [0.25, 0.3) is 0 Å². The highest BCUT2D eigenvalue weighted by atomic mass is 32.2. The number of ether oxygens (including phenoxy) is 1. The molecule has 0 atom stereocenters. The summed E-state index contributed by atoms with van der Waals surface area (Å²) in [6.45, 7) is -1.24. The average Bonchev–Trinajstić information content (AvgIpc) is 2.91. The summed E-state index contributed by atoms with van der Waals surface area (Å²) in [7, 11) is 0. The number of nitrogens with one attached hydrogen (secondary N) is 2. The molecule has 0 unspecified atom stereocenters. The Morgan fingerprint density at radius 3 is 2.60 bits per heavy atom. The summed E-state index contributed by atoms with van der Waals surface area (Å²) in [6, 6.07) is 7.24. The molecule has 0 aliphatic rings. The predicted molar refractivity (Wildman–Crippen MR) is 88.9 cm³/mol. The number of thioether (sulfide) groups is 1. The lowest BCUT2D eigenvalue weighted by atomic mass is 10.3. The van der Waals surface area contributed by atoms with Crippen LogP contribution in [-0.2, 0) is 9.59 Å². The fourth-order valence-corrected chi connectivity index (χ4v) is 2.40. The van der Waals surface area contributed by atoms with Crippen LogP contribution >= 0.6 is 11.8 Å². The van der Waals surface area contributed by atoms with E-state index in [4.69, 9.17) is 4.52 Å². The molecule has 1 aromatic carbocycles. The van der Waals surface area contributed by atoms with Crippen molar-refractivity contribution in [2.75, 3.05) is 22.1 Å². The SMILES string of the molecule is Cc1cc(NC(=O)CSCC(=O)Nc2cccc(OC(F)F)c2)no1. The van der Waals surface area contributed by atoms with E-state index in [0.29, 0.717) is 17.3 Å². The summed E-state index contributed by atoms with van der Waals surface area (Å²) >= 11 is 1.10. The van der Waals surface area contributed by atoms with Gasteiger partial charge in [-0.05, 0) is 19.1 Å². The van der Waals surface area contributed by atoms with Crippen LogP contribution in [0.4, 0.5) is 20.3 Å². The van der Waals surface area contributed by atoms with E-state index in [9.17, 15) is 18.4 Å². The fraction of sp³-hybridized carbons (Fsp3) is 0.267. The van der Waals surface area contributed by atoms with E-state index in [1.165, 1.54) is 18.2 Å². The van der Waals surface area contributed by atoms with Crippen molar-refractivity contribution in [2.24, 2.45) is 0 Å². The standard InChI is InChI=1S/C15H15F2N3O4S/c1-9-5-12(20-24-9)19-14(22)8-25-7-13(21)18-10-3-2-4-11(6-10)23-15(16)17/h2-6,15H,7-8H2,1H3,(H,18,21)(H,19,20,22). The first-order chi connectivity index (χ1) is 11.9. The van der Waals surface area contributed by atoms with Crippen molar-refractivity contribution < 1.29 is 27.6 Å². The van der Waals surface area contributed by atoms with Crippen LogP contribution in [0.1, 0.15) is 5.76 Å². The highest BCUT2D eigenvalue weighted by Gasteiger charge is 2.10. The van der Waals surface area contributed by atoms with E-state index in [1.54, 1.807) is 19.1 Å². The average molecular weight is 371 g/mol. The number of amides is 2. The quantitative estimate of drug-likeness (QED) is 0.741. The van der Waals surface area contributed by atoms with E-state index in [1.807, 2.05) is 0 Å². The minimum absolute atomic E-state index is 0.0190. The van der Waals surface area contributed by atoms with Crippen LogP contribution in [0.15, 0.2) is 34.9 Å². The molecule has 0 aliphatic carbocycles. The first-order valence-electron chi connectivity index (χ1n) is 7.08. The zero-order valence-electron chi connectivity index (χ0n) is 13.1. The normalized spacial score (nSPS) is 10.6. The van der Waals surface area contributed by atoms with Crippen LogP contribution in [0.5, 0.6) is 5.75 Å². The molecule has 0 bridgehead atoms. The molecule has 0 radical (unpaired) electrons. The number of nitrogens with zero attached hydrogens (tertiary/aromatic N) is 1. The monoisotopic (exact) mass is 371 g/mol. The van der Waals surface area contributed by atoms with Crippen molar-refractivity contribution in [3.63, 3.8) is 0 Å². The van der Waals surface area contributed by atoms with E-state index in [-0.39, 0.29) is 29.1 Å². The van der Waals surface area contributed by atoms with Gasteiger partial charge in [0.1, 0.15) is 11.5 Å². The Balaban J connectivity index is 1.72. The lowest BCUT2D eigenvalue weighted by Gasteiger charge is -2.08. The molecule has 2 rings (SSSR count). The van der Waals surface area contributed by atoms with E-state index >= 15 is 0 Å². The number of alkyl halides is 2. The molecular formula is C15H15F2N3O4S. The zero-order valence-corrected chi connectivity index (χ0v) is 13.9. The molecule has 7 nitrogen and oxygen atoms in total. The Morgan fingerprint density at radius 2 is 1.96 bits per heavy atom.